The minimum absolute atomic E-state index is 0.118. The van der Waals surface area contributed by atoms with Gasteiger partial charge in [0.1, 0.15) is 0 Å². The Morgan fingerprint density at radius 2 is 1.75 bits per heavy atom. The molecule has 0 saturated carbocycles. The number of hydrogen-bond acceptors (Lipinski definition) is 2. The van der Waals surface area contributed by atoms with Gasteiger partial charge in [0, 0.05) is 12.2 Å². The summed E-state index contributed by atoms with van der Waals surface area (Å²) in [5.74, 6) is 0.133. The molecule has 0 radical (unpaired) electrons. The van der Waals surface area contributed by atoms with Crippen molar-refractivity contribution in [2.24, 2.45) is 27.4 Å². The van der Waals surface area contributed by atoms with E-state index >= 15 is 0 Å². The Labute approximate surface area is 94.4 Å². The number of rotatable bonds is 3. The molecule has 0 aliphatic rings. The number of nitrogens with two attached hydrogens (primary N) is 3. The van der Waals surface area contributed by atoms with Crippen molar-refractivity contribution >= 4 is 17.6 Å². The second kappa shape index (κ2) is 5.59. The lowest BCUT2D eigenvalue weighted by Gasteiger charge is -2.20. The highest BCUT2D eigenvalue weighted by atomic mass is 15.4. The van der Waals surface area contributed by atoms with Crippen LogP contribution in [0, 0.1) is 0 Å². The Bertz CT molecular complexity index is 380. The summed E-state index contributed by atoms with van der Waals surface area (Å²) in [5, 5.41) is 7.24. The highest BCUT2D eigenvalue weighted by Gasteiger charge is 2.07. The number of anilines is 1. The van der Waals surface area contributed by atoms with Gasteiger partial charge in [0.25, 0.3) is 0 Å². The van der Waals surface area contributed by atoms with E-state index in [4.69, 9.17) is 17.2 Å². The Morgan fingerprint density at radius 1 is 1.12 bits per heavy atom. The number of para-hydroxylation sites is 1. The minimum atomic E-state index is -0.118. The van der Waals surface area contributed by atoms with Gasteiger partial charge in [-0.25, -0.2) is 0 Å². The van der Waals surface area contributed by atoms with Gasteiger partial charge in [-0.1, -0.05) is 18.2 Å². The van der Waals surface area contributed by atoms with Gasteiger partial charge < -0.3 is 22.1 Å². The Hall–Kier alpha value is -2.24. The molecule has 0 aromatic heterocycles. The second-order valence-electron chi connectivity index (χ2n) is 3.06. The van der Waals surface area contributed by atoms with Gasteiger partial charge in [-0.2, -0.15) is 0 Å². The van der Waals surface area contributed by atoms with Crippen LogP contribution in [-0.4, -0.2) is 18.5 Å². The van der Waals surface area contributed by atoms with Crippen LogP contribution in [0.2, 0.25) is 0 Å². The second-order valence-corrected chi connectivity index (χ2v) is 3.06. The molecule has 16 heavy (non-hydrogen) atoms. The molecule has 0 aliphatic carbocycles. The third kappa shape index (κ3) is 3.16. The number of benzene rings is 1. The average molecular weight is 220 g/mol. The lowest BCUT2D eigenvalue weighted by Crippen LogP contribution is -2.37. The predicted octanol–water partition coefficient (Wildman–Crippen LogP) is 0.0160. The summed E-state index contributed by atoms with van der Waals surface area (Å²) in [4.78, 5) is 1.80. The van der Waals surface area contributed by atoms with E-state index in [2.05, 4.69) is 10.2 Å². The summed E-state index contributed by atoms with van der Waals surface area (Å²) in [6.45, 7) is 2.64. The summed E-state index contributed by atoms with van der Waals surface area (Å²) < 4.78 is 0. The molecule has 6 nitrogen and oxygen atoms in total. The van der Waals surface area contributed by atoms with E-state index in [0.717, 1.165) is 5.69 Å². The van der Waals surface area contributed by atoms with Crippen LogP contribution < -0.4 is 22.1 Å². The van der Waals surface area contributed by atoms with Gasteiger partial charge in [-0.3, -0.25) is 0 Å². The van der Waals surface area contributed by atoms with Gasteiger partial charge in [0.15, 0.2) is 0 Å². The maximum Gasteiger partial charge on any atom is 0.221 e. The molecule has 1 aromatic rings. The molecule has 6 N–H and O–H groups in total. The zero-order chi connectivity index (χ0) is 12.0. The van der Waals surface area contributed by atoms with E-state index < -0.39 is 0 Å². The molecule has 0 atom stereocenters. The monoisotopic (exact) mass is 220 g/mol. The quantitative estimate of drug-likeness (QED) is 0.379. The summed E-state index contributed by atoms with van der Waals surface area (Å²) in [5.41, 5.74) is 17.0. The molecule has 0 amide bonds. The minimum Gasteiger partial charge on any atom is -0.369 e. The van der Waals surface area contributed by atoms with Crippen molar-refractivity contribution in [3.8, 4) is 0 Å². The fraction of sp³-hybridized carbons (Fsp3) is 0.200. The van der Waals surface area contributed by atoms with Crippen LogP contribution in [-0.2, 0) is 0 Å². The van der Waals surface area contributed by atoms with Crippen LogP contribution in [0.3, 0.4) is 0 Å². The SMILES string of the molecule is CCN(C(N)=NN=C(N)N)c1ccccc1. The van der Waals surface area contributed by atoms with Crippen LogP contribution in [0.25, 0.3) is 0 Å². The lowest BCUT2D eigenvalue weighted by atomic mass is 10.3. The highest BCUT2D eigenvalue weighted by Crippen LogP contribution is 2.12. The van der Waals surface area contributed by atoms with E-state index in [1.54, 1.807) is 4.90 Å². The van der Waals surface area contributed by atoms with E-state index in [0.29, 0.717) is 6.54 Å². The van der Waals surface area contributed by atoms with Crippen molar-refractivity contribution in [2.45, 2.75) is 6.92 Å². The van der Waals surface area contributed by atoms with Crippen LogP contribution in [0.4, 0.5) is 5.69 Å². The van der Waals surface area contributed by atoms with Crippen LogP contribution >= 0.6 is 0 Å². The Morgan fingerprint density at radius 3 is 2.25 bits per heavy atom. The third-order valence-electron chi connectivity index (χ3n) is 1.93. The normalized spacial score (nSPS) is 10.9. The van der Waals surface area contributed by atoms with Gasteiger partial charge in [0.05, 0.1) is 0 Å². The molecule has 0 unspecified atom stereocenters. The smallest absolute Gasteiger partial charge is 0.221 e. The number of hydrogen-bond donors (Lipinski definition) is 3. The van der Waals surface area contributed by atoms with Crippen LogP contribution in [0.1, 0.15) is 6.92 Å². The molecular weight excluding hydrogens is 204 g/mol. The predicted molar refractivity (Wildman–Crippen MR) is 66.9 cm³/mol. The van der Waals surface area contributed by atoms with Crippen molar-refractivity contribution < 1.29 is 0 Å². The topological polar surface area (TPSA) is 106 Å². The molecule has 6 heteroatoms. The molecule has 0 aliphatic heterocycles. The summed E-state index contributed by atoms with van der Waals surface area (Å²) >= 11 is 0. The van der Waals surface area contributed by atoms with Gasteiger partial charge in [-0.05, 0) is 19.1 Å². The lowest BCUT2D eigenvalue weighted by molar-refractivity contribution is 1.02. The van der Waals surface area contributed by atoms with E-state index in [1.165, 1.54) is 0 Å². The van der Waals surface area contributed by atoms with Crippen LogP contribution in [0.5, 0.6) is 0 Å². The van der Waals surface area contributed by atoms with Crippen molar-refractivity contribution in [2.75, 3.05) is 11.4 Å². The third-order valence-corrected chi connectivity index (χ3v) is 1.93. The van der Waals surface area contributed by atoms with E-state index in [9.17, 15) is 0 Å². The van der Waals surface area contributed by atoms with Crippen molar-refractivity contribution in [3.63, 3.8) is 0 Å². The highest BCUT2D eigenvalue weighted by molar-refractivity contribution is 5.95. The average Bonchev–Trinajstić information content (AvgIpc) is 2.29. The van der Waals surface area contributed by atoms with Gasteiger partial charge in [0.2, 0.25) is 11.9 Å². The molecule has 0 saturated heterocycles. The number of nitrogens with zero attached hydrogens (tertiary/aromatic N) is 3. The first-order valence-electron chi connectivity index (χ1n) is 4.89. The van der Waals surface area contributed by atoms with Gasteiger partial charge >= 0.3 is 0 Å². The summed E-state index contributed by atoms with van der Waals surface area (Å²) in [6, 6.07) is 9.64. The molecule has 86 valence electrons. The molecule has 1 aromatic carbocycles. The first-order chi connectivity index (χ1) is 7.65. The fourth-order valence-corrected chi connectivity index (χ4v) is 1.25. The summed E-state index contributed by atoms with van der Waals surface area (Å²) in [6.07, 6.45) is 0. The first-order valence-corrected chi connectivity index (χ1v) is 4.89. The first kappa shape index (κ1) is 11.8. The maximum absolute atomic E-state index is 5.77. The van der Waals surface area contributed by atoms with Crippen LogP contribution in [0.15, 0.2) is 40.5 Å². The largest absolute Gasteiger partial charge is 0.369 e. The van der Waals surface area contributed by atoms with Gasteiger partial charge in [-0.15, -0.1) is 10.2 Å². The number of guanidine groups is 2. The molecular formula is C10H16N6. The summed E-state index contributed by atoms with van der Waals surface area (Å²) in [7, 11) is 0. The molecule has 0 bridgehead atoms. The van der Waals surface area contributed by atoms with E-state index in [-0.39, 0.29) is 11.9 Å². The fourth-order valence-electron chi connectivity index (χ4n) is 1.25. The van der Waals surface area contributed by atoms with Crippen molar-refractivity contribution in [1.82, 2.24) is 0 Å². The maximum atomic E-state index is 5.77. The van der Waals surface area contributed by atoms with Crippen molar-refractivity contribution in [1.29, 1.82) is 0 Å². The Balaban J connectivity index is 2.91. The standard InChI is InChI=1S/C10H16N6/c1-2-16(8-6-4-3-5-7-8)10(13)15-14-9(11)12/h3-7H,2H2,1H3,(H2,13,15)(H4,11,12,14). The molecule has 1 rings (SSSR count). The molecule has 0 fully saturated rings. The molecule has 0 heterocycles. The van der Waals surface area contributed by atoms with Crippen molar-refractivity contribution in [3.05, 3.63) is 30.3 Å². The van der Waals surface area contributed by atoms with E-state index in [1.807, 2.05) is 37.3 Å². The Kier molecular flexibility index (Phi) is 4.14. The zero-order valence-electron chi connectivity index (χ0n) is 9.17. The molecule has 0 spiro atoms. The zero-order valence-corrected chi connectivity index (χ0v) is 9.17.